The third-order valence-corrected chi connectivity index (χ3v) is 8.16. The van der Waals surface area contributed by atoms with Gasteiger partial charge in [-0.3, -0.25) is 9.59 Å². The van der Waals surface area contributed by atoms with Crippen LogP contribution in [0.5, 0.6) is 34.5 Å². The van der Waals surface area contributed by atoms with Crippen molar-refractivity contribution in [1.29, 1.82) is 0 Å². The first-order chi connectivity index (χ1) is 17.6. The number of benzene rings is 2. The van der Waals surface area contributed by atoms with Gasteiger partial charge in [-0.2, -0.15) is 10.2 Å². The van der Waals surface area contributed by atoms with Crippen molar-refractivity contribution in [3.8, 4) is 34.5 Å². The zero-order valence-electron chi connectivity index (χ0n) is 19.1. The van der Waals surface area contributed by atoms with Crippen molar-refractivity contribution in [1.82, 2.24) is 10.9 Å². The molecule has 0 unspecified atom stereocenters. The van der Waals surface area contributed by atoms with E-state index in [-0.39, 0.29) is 11.1 Å². The fraction of sp³-hybridized carbons (Fsp3) is 0.0909. The highest BCUT2D eigenvalue weighted by atomic mass is 32.2. The summed E-state index contributed by atoms with van der Waals surface area (Å²) in [6.45, 7) is 0. The Balaban J connectivity index is 1.81. The number of aromatic hydroxyl groups is 6. The minimum Gasteiger partial charge on any atom is -0.504 e. The van der Waals surface area contributed by atoms with Gasteiger partial charge in [-0.15, -0.1) is 34.9 Å². The normalized spacial score (nSPS) is 11.3. The molecule has 0 radical (unpaired) electrons. The van der Waals surface area contributed by atoms with Crippen LogP contribution in [-0.2, 0) is 0 Å². The second-order valence-electron chi connectivity index (χ2n) is 7.04. The van der Waals surface area contributed by atoms with E-state index in [4.69, 9.17) is 0 Å². The number of phenolic OH excluding ortho intramolecular Hbond substituents is 6. The van der Waals surface area contributed by atoms with Gasteiger partial charge in [0.1, 0.15) is 0 Å². The predicted octanol–water partition coefficient (Wildman–Crippen LogP) is 2.95. The van der Waals surface area contributed by atoms with Crippen LogP contribution in [0.3, 0.4) is 0 Å². The summed E-state index contributed by atoms with van der Waals surface area (Å²) in [5, 5.41) is 65.1. The van der Waals surface area contributed by atoms with E-state index in [0.29, 0.717) is 11.1 Å². The maximum atomic E-state index is 12.3. The molecule has 0 saturated heterocycles. The Bertz CT molecular complexity index is 1270. The highest BCUT2D eigenvalue weighted by Gasteiger charge is 2.17. The molecule has 3 rings (SSSR count). The lowest BCUT2D eigenvalue weighted by Gasteiger charge is -2.05. The number of phenols is 6. The Morgan fingerprint density at radius 3 is 1.32 bits per heavy atom. The number of carbonyl (C=O) groups excluding carboxylic acids is 2. The molecule has 0 aliphatic rings. The summed E-state index contributed by atoms with van der Waals surface area (Å²) in [4.78, 5) is 24.7. The molecule has 0 saturated carbocycles. The minimum atomic E-state index is -0.754. The topological polar surface area (TPSA) is 204 Å². The molecule has 0 aliphatic carbocycles. The molecule has 0 spiro atoms. The molecule has 2 aromatic carbocycles. The molecule has 1 heterocycles. The standard InChI is InChI=1S/C22H20N4O8S3/c1-35-21-11(7-23-25-19(33)9-3-13(27)17(31)14(28)4-9)12(22(36-2)37-21)8-24-26-20(34)10-5-15(29)18(32)16(30)6-10/h3-8,27-32H,1-2H3,(H,25,33)(H,26,34)/b23-7-,24-8-. The van der Waals surface area contributed by atoms with Crippen molar-refractivity contribution in [3.63, 3.8) is 0 Å². The summed E-state index contributed by atoms with van der Waals surface area (Å²) >= 11 is 4.29. The molecule has 0 fully saturated rings. The maximum Gasteiger partial charge on any atom is 0.271 e. The first-order valence-electron chi connectivity index (χ1n) is 9.98. The number of thiophene rings is 1. The summed E-state index contributed by atoms with van der Waals surface area (Å²) in [7, 11) is 0. The van der Waals surface area contributed by atoms with Crippen LogP contribution < -0.4 is 10.9 Å². The molecule has 12 nitrogen and oxygen atoms in total. The monoisotopic (exact) mass is 564 g/mol. The number of thioether (sulfide) groups is 2. The Labute approximate surface area is 222 Å². The van der Waals surface area contributed by atoms with Crippen molar-refractivity contribution in [3.05, 3.63) is 46.5 Å². The van der Waals surface area contributed by atoms with E-state index in [0.717, 1.165) is 32.7 Å². The first-order valence-corrected chi connectivity index (χ1v) is 13.2. The average molecular weight is 565 g/mol. The van der Waals surface area contributed by atoms with Crippen molar-refractivity contribution in [2.45, 2.75) is 8.42 Å². The first kappa shape index (κ1) is 27.5. The summed E-state index contributed by atoms with van der Waals surface area (Å²) in [6, 6.07) is 3.88. The SMILES string of the molecule is CSc1sc(SC)c(/C=N\NC(=O)c2cc(O)c(O)c(O)c2)c1/C=N\NC(=O)c1cc(O)c(O)c(O)c1. The van der Waals surface area contributed by atoms with E-state index in [1.54, 1.807) is 0 Å². The largest absolute Gasteiger partial charge is 0.504 e. The minimum absolute atomic E-state index is 0.138. The number of rotatable bonds is 8. The lowest BCUT2D eigenvalue weighted by Crippen LogP contribution is -2.18. The zero-order chi connectivity index (χ0) is 27.3. The van der Waals surface area contributed by atoms with E-state index >= 15 is 0 Å². The Morgan fingerprint density at radius 2 is 1.03 bits per heavy atom. The second-order valence-corrected chi connectivity index (χ2v) is 10.2. The van der Waals surface area contributed by atoms with Crippen LogP contribution >= 0.6 is 34.9 Å². The Morgan fingerprint density at radius 1 is 0.703 bits per heavy atom. The molecule has 1 aromatic heterocycles. The molecule has 2 amide bonds. The summed E-state index contributed by atoms with van der Waals surface area (Å²) in [5.41, 5.74) is 5.45. The Hall–Kier alpha value is -4.08. The van der Waals surface area contributed by atoms with Gasteiger partial charge in [-0.1, -0.05) is 0 Å². The van der Waals surface area contributed by atoms with Gasteiger partial charge in [0, 0.05) is 22.3 Å². The number of hydrogen-bond donors (Lipinski definition) is 8. The summed E-state index contributed by atoms with van der Waals surface area (Å²) in [6.07, 6.45) is 6.44. The van der Waals surface area contributed by atoms with Crippen molar-refractivity contribution in [2.75, 3.05) is 12.5 Å². The summed E-state index contributed by atoms with van der Waals surface area (Å²) < 4.78 is 1.67. The number of nitrogens with zero attached hydrogens (tertiary/aromatic N) is 2. The quantitative estimate of drug-likeness (QED) is 0.0869. The third kappa shape index (κ3) is 6.19. The number of hydrazone groups is 2. The molecular formula is C22H20N4O8S3. The van der Waals surface area contributed by atoms with Crippen LogP contribution in [-0.4, -0.2) is 67.4 Å². The molecule has 0 atom stereocenters. The van der Waals surface area contributed by atoms with Gasteiger partial charge in [0.2, 0.25) is 0 Å². The van der Waals surface area contributed by atoms with Crippen molar-refractivity contribution >= 4 is 59.1 Å². The zero-order valence-corrected chi connectivity index (χ0v) is 21.5. The number of hydrogen-bond acceptors (Lipinski definition) is 13. The van der Waals surface area contributed by atoms with E-state index in [1.807, 2.05) is 12.5 Å². The molecule has 194 valence electrons. The lowest BCUT2D eigenvalue weighted by molar-refractivity contribution is 0.0946. The summed E-state index contributed by atoms with van der Waals surface area (Å²) in [5.74, 6) is -5.67. The van der Waals surface area contributed by atoms with Crippen LogP contribution in [0.1, 0.15) is 31.8 Å². The van der Waals surface area contributed by atoms with Crippen molar-refractivity contribution in [2.24, 2.45) is 10.2 Å². The van der Waals surface area contributed by atoms with Gasteiger partial charge < -0.3 is 30.6 Å². The van der Waals surface area contributed by atoms with Crippen LogP contribution in [0.4, 0.5) is 0 Å². The van der Waals surface area contributed by atoms with E-state index in [9.17, 15) is 40.2 Å². The third-order valence-electron chi connectivity index (χ3n) is 4.67. The number of carbonyl (C=O) groups is 2. The Kier molecular flexibility index (Phi) is 8.75. The van der Waals surface area contributed by atoms with Gasteiger partial charge in [-0.05, 0) is 36.8 Å². The molecule has 8 N–H and O–H groups in total. The van der Waals surface area contributed by atoms with Gasteiger partial charge in [0.25, 0.3) is 11.8 Å². The van der Waals surface area contributed by atoms with Gasteiger partial charge >= 0.3 is 0 Å². The van der Waals surface area contributed by atoms with E-state index in [2.05, 4.69) is 21.1 Å². The highest BCUT2D eigenvalue weighted by molar-refractivity contribution is 8.02. The molecule has 37 heavy (non-hydrogen) atoms. The predicted molar refractivity (Wildman–Crippen MR) is 141 cm³/mol. The van der Waals surface area contributed by atoms with Gasteiger partial charge in [0.05, 0.1) is 20.8 Å². The van der Waals surface area contributed by atoms with Gasteiger partial charge in [-0.25, -0.2) is 10.9 Å². The van der Waals surface area contributed by atoms with Crippen LogP contribution in [0.15, 0.2) is 42.9 Å². The van der Waals surface area contributed by atoms with Gasteiger partial charge in [0.15, 0.2) is 34.5 Å². The smallest absolute Gasteiger partial charge is 0.271 e. The second kappa shape index (κ2) is 11.8. The molecule has 0 aliphatic heterocycles. The van der Waals surface area contributed by atoms with Crippen molar-refractivity contribution < 1.29 is 40.2 Å². The van der Waals surface area contributed by atoms with Crippen LogP contribution in [0.2, 0.25) is 0 Å². The fourth-order valence-electron chi connectivity index (χ4n) is 2.87. The fourth-order valence-corrected chi connectivity index (χ4v) is 5.68. The molecule has 15 heteroatoms. The van der Waals surface area contributed by atoms with Crippen LogP contribution in [0.25, 0.3) is 0 Å². The van der Waals surface area contributed by atoms with Crippen LogP contribution in [0, 0.1) is 0 Å². The van der Waals surface area contributed by atoms with E-state index < -0.39 is 46.3 Å². The number of nitrogens with one attached hydrogen (secondary N) is 2. The lowest BCUT2D eigenvalue weighted by atomic mass is 10.2. The maximum absolute atomic E-state index is 12.3. The highest BCUT2D eigenvalue weighted by Crippen LogP contribution is 2.39. The van der Waals surface area contributed by atoms with E-state index in [1.165, 1.54) is 47.3 Å². The molecule has 3 aromatic rings. The molecule has 0 bridgehead atoms. The number of amides is 2. The average Bonchev–Trinajstić information content (AvgIpc) is 3.21. The molecular weight excluding hydrogens is 544 g/mol.